The van der Waals surface area contributed by atoms with E-state index in [9.17, 15) is 18.0 Å². The number of amides is 1. The zero-order valence-corrected chi connectivity index (χ0v) is 9.63. The smallest absolute Gasteiger partial charge is 0.326 e. The standard InChI is InChI=1S/C13H12F3NO/c14-13(15,16)12(18)17-6-10-4-3-9(8-1-2-8)5-11(10)7-17/h3-5,8H,1-2,6-7H2. The molecule has 18 heavy (non-hydrogen) atoms. The molecule has 0 radical (unpaired) electrons. The highest BCUT2D eigenvalue weighted by molar-refractivity contribution is 5.82. The first-order valence-electron chi connectivity index (χ1n) is 5.93. The number of hydrogen-bond donors (Lipinski definition) is 0. The van der Waals surface area contributed by atoms with Gasteiger partial charge in [-0.2, -0.15) is 13.2 Å². The van der Waals surface area contributed by atoms with E-state index in [0.29, 0.717) is 5.92 Å². The Morgan fingerprint density at radius 3 is 2.44 bits per heavy atom. The van der Waals surface area contributed by atoms with Gasteiger partial charge in [-0.15, -0.1) is 0 Å². The third-order valence-corrected chi connectivity index (χ3v) is 3.53. The summed E-state index contributed by atoms with van der Waals surface area (Å²) < 4.78 is 37.1. The Kier molecular flexibility index (Phi) is 2.40. The van der Waals surface area contributed by atoms with E-state index in [1.54, 1.807) is 0 Å². The highest BCUT2D eigenvalue weighted by Crippen LogP contribution is 2.41. The van der Waals surface area contributed by atoms with Gasteiger partial charge in [0.25, 0.3) is 0 Å². The first-order valence-corrected chi connectivity index (χ1v) is 5.93. The molecule has 0 aromatic heterocycles. The summed E-state index contributed by atoms with van der Waals surface area (Å²) in [5.74, 6) is -1.17. The van der Waals surface area contributed by atoms with Crippen LogP contribution >= 0.6 is 0 Å². The lowest BCUT2D eigenvalue weighted by Gasteiger charge is -2.16. The number of alkyl halides is 3. The number of fused-ring (bicyclic) bond motifs is 1. The minimum atomic E-state index is -4.78. The van der Waals surface area contributed by atoms with E-state index < -0.39 is 12.1 Å². The van der Waals surface area contributed by atoms with Gasteiger partial charge < -0.3 is 4.90 Å². The molecule has 1 aliphatic carbocycles. The second-order valence-corrected chi connectivity index (χ2v) is 4.96. The summed E-state index contributed by atoms with van der Waals surface area (Å²) in [6.07, 6.45) is -2.46. The fraction of sp³-hybridized carbons (Fsp3) is 0.462. The SMILES string of the molecule is O=C(N1Cc2ccc(C3CC3)cc2C1)C(F)(F)F. The van der Waals surface area contributed by atoms with Crippen LogP contribution in [0.3, 0.4) is 0 Å². The molecule has 0 bridgehead atoms. The van der Waals surface area contributed by atoms with Gasteiger partial charge >= 0.3 is 12.1 Å². The molecule has 1 saturated carbocycles. The molecule has 2 aliphatic rings. The molecule has 0 unspecified atom stereocenters. The van der Waals surface area contributed by atoms with E-state index in [0.717, 1.165) is 28.9 Å². The van der Waals surface area contributed by atoms with E-state index in [-0.39, 0.29) is 13.1 Å². The molecule has 1 amide bonds. The Morgan fingerprint density at radius 1 is 1.17 bits per heavy atom. The van der Waals surface area contributed by atoms with E-state index in [1.165, 1.54) is 5.56 Å². The Morgan fingerprint density at radius 2 is 1.83 bits per heavy atom. The minimum absolute atomic E-state index is 0.0681. The molecule has 0 spiro atoms. The number of hydrogen-bond acceptors (Lipinski definition) is 1. The van der Waals surface area contributed by atoms with Crippen LogP contribution in [-0.4, -0.2) is 17.0 Å². The monoisotopic (exact) mass is 255 g/mol. The van der Waals surface area contributed by atoms with Crippen molar-refractivity contribution in [3.8, 4) is 0 Å². The van der Waals surface area contributed by atoms with E-state index in [1.807, 2.05) is 18.2 Å². The zero-order valence-electron chi connectivity index (χ0n) is 9.63. The lowest BCUT2D eigenvalue weighted by atomic mass is 10.0. The van der Waals surface area contributed by atoms with Crippen LogP contribution in [0.25, 0.3) is 0 Å². The molecule has 2 nitrogen and oxygen atoms in total. The highest BCUT2D eigenvalue weighted by atomic mass is 19.4. The van der Waals surface area contributed by atoms with Crippen molar-refractivity contribution in [3.05, 3.63) is 34.9 Å². The minimum Gasteiger partial charge on any atom is -0.326 e. The van der Waals surface area contributed by atoms with E-state index >= 15 is 0 Å². The van der Waals surface area contributed by atoms with Crippen molar-refractivity contribution in [2.75, 3.05) is 0 Å². The molecule has 1 aliphatic heterocycles. The van der Waals surface area contributed by atoms with Crippen molar-refractivity contribution >= 4 is 5.91 Å². The van der Waals surface area contributed by atoms with Crippen molar-refractivity contribution in [2.45, 2.75) is 38.0 Å². The van der Waals surface area contributed by atoms with Crippen LogP contribution in [0.15, 0.2) is 18.2 Å². The lowest BCUT2D eigenvalue weighted by molar-refractivity contribution is -0.186. The van der Waals surface area contributed by atoms with Crippen LogP contribution in [0.5, 0.6) is 0 Å². The third-order valence-electron chi connectivity index (χ3n) is 3.53. The summed E-state index contributed by atoms with van der Waals surface area (Å²) in [6.45, 7) is 0.146. The van der Waals surface area contributed by atoms with Crippen molar-refractivity contribution in [1.82, 2.24) is 4.90 Å². The van der Waals surface area contributed by atoms with Crippen molar-refractivity contribution in [2.24, 2.45) is 0 Å². The molecule has 1 aromatic rings. The first kappa shape index (κ1) is 11.6. The van der Waals surface area contributed by atoms with Crippen LogP contribution in [0.1, 0.15) is 35.4 Å². The largest absolute Gasteiger partial charge is 0.471 e. The van der Waals surface area contributed by atoms with Crippen LogP contribution in [0.4, 0.5) is 13.2 Å². The van der Waals surface area contributed by atoms with Crippen molar-refractivity contribution in [3.63, 3.8) is 0 Å². The van der Waals surface area contributed by atoms with Crippen molar-refractivity contribution < 1.29 is 18.0 Å². The van der Waals surface area contributed by atoms with E-state index in [4.69, 9.17) is 0 Å². The van der Waals surface area contributed by atoms with Gasteiger partial charge in [0.2, 0.25) is 0 Å². The summed E-state index contributed by atoms with van der Waals surface area (Å²) in [5, 5.41) is 0. The van der Waals surface area contributed by atoms with Gasteiger partial charge in [-0.25, -0.2) is 0 Å². The van der Waals surface area contributed by atoms with Crippen LogP contribution in [-0.2, 0) is 17.9 Å². The summed E-state index contributed by atoms with van der Waals surface area (Å²) in [7, 11) is 0. The number of carbonyl (C=O) groups is 1. The van der Waals surface area contributed by atoms with Crippen LogP contribution in [0, 0.1) is 0 Å². The molecule has 1 heterocycles. The molecule has 1 aromatic carbocycles. The molecule has 0 saturated heterocycles. The van der Waals surface area contributed by atoms with Gasteiger partial charge in [0, 0.05) is 13.1 Å². The average Bonchev–Trinajstić information content (AvgIpc) is 3.06. The van der Waals surface area contributed by atoms with Crippen molar-refractivity contribution in [1.29, 1.82) is 0 Å². The Bertz CT molecular complexity index is 505. The van der Waals surface area contributed by atoms with Gasteiger partial charge in [-0.1, -0.05) is 18.2 Å². The number of halogens is 3. The Labute approximate surface area is 102 Å². The molecule has 5 heteroatoms. The maximum absolute atomic E-state index is 12.4. The molecule has 0 N–H and O–H groups in total. The average molecular weight is 255 g/mol. The third kappa shape index (κ3) is 1.98. The highest BCUT2D eigenvalue weighted by Gasteiger charge is 2.44. The predicted molar refractivity (Wildman–Crippen MR) is 58.7 cm³/mol. The zero-order chi connectivity index (χ0) is 12.9. The molecular weight excluding hydrogens is 243 g/mol. The maximum Gasteiger partial charge on any atom is 0.471 e. The molecule has 0 atom stereocenters. The van der Waals surface area contributed by atoms with Gasteiger partial charge in [0.1, 0.15) is 0 Å². The fourth-order valence-corrected chi connectivity index (χ4v) is 2.41. The fourth-order valence-electron chi connectivity index (χ4n) is 2.41. The molecular formula is C13H12F3NO. The summed E-state index contributed by atoms with van der Waals surface area (Å²) in [6, 6.07) is 5.78. The van der Waals surface area contributed by atoms with Gasteiger partial charge in [-0.3, -0.25) is 4.79 Å². The topological polar surface area (TPSA) is 20.3 Å². The van der Waals surface area contributed by atoms with E-state index in [2.05, 4.69) is 0 Å². The first-order chi connectivity index (χ1) is 8.45. The number of rotatable bonds is 1. The normalized spacial score (nSPS) is 18.9. The summed E-state index contributed by atoms with van der Waals surface area (Å²) in [5.41, 5.74) is 2.88. The van der Waals surface area contributed by atoms with Gasteiger partial charge in [0.05, 0.1) is 0 Å². The number of benzene rings is 1. The summed E-state index contributed by atoms with van der Waals surface area (Å²) >= 11 is 0. The lowest BCUT2D eigenvalue weighted by Crippen LogP contribution is -2.37. The Balaban J connectivity index is 1.80. The Hall–Kier alpha value is -1.52. The van der Waals surface area contributed by atoms with Gasteiger partial charge in [-0.05, 0) is 35.4 Å². The number of nitrogens with zero attached hydrogens (tertiary/aromatic N) is 1. The van der Waals surface area contributed by atoms with Gasteiger partial charge in [0.15, 0.2) is 0 Å². The summed E-state index contributed by atoms with van der Waals surface area (Å²) in [4.78, 5) is 12.0. The molecule has 3 rings (SSSR count). The van der Waals surface area contributed by atoms with Crippen LogP contribution < -0.4 is 0 Å². The second kappa shape index (κ2) is 3.73. The molecule has 96 valence electrons. The predicted octanol–water partition coefficient (Wildman–Crippen LogP) is 2.97. The second-order valence-electron chi connectivity index (χ2n) is 4.96. The van der Waals surface area contributed by atoms with Crippen LogP contribution in [0.2, 0.25) is 0 Å². The molecule has 1 fully saturated rings. The quantitative estimate of drug-likeness (QED) is 0.755. The number of carbonyl (C=O) groups excluding carboxylic acids is 1. The maximum atomic E-state index is 12.4.